The highest BCUT2D eigenvalue weighted by atomic mass is 16.5. The number of carbonyl (C=O) groups excluding carboxylic acids is 1. The molecule has 2 fully saturated rings. The molecule has 2 aliphatic rings. The average Bonchev–Trinajstić information content (AvgIpc) is 3.58. The summed E-state index contributed by atoms with van der Waals surface area (Å²) >= 11 is 0. The number of nitrogens with zero attached hydrogens (tertiary/aromatic N) is 4. The van der Waals surface area contributed by atoms with Crippen LogP contribution in [0.4, 0.5) is 11.5 Å². The zero-order chi connectivity index (χ0) is 24.9. The molecule has 0 spiro atoms. The summed E-state index contributed by atoms with van der Waals surface area (Å²) in [6.45, 7) is 5.77. The van der Waals surface area contributed by atoms with Crippen LogP contribution in [0, 0.1) is 31.6 Å². The number of carboxylic acids is 1. The van der Waals surface area contributed by atoms with Crippen molar-refractivity contribution < 1.29 is 19.4 Å². The average molecular weight is 473 g/mol. The van der Waals surface area contributed by atoms with E-state index in [1.54, 1.807) is 29.6 Å². The maximum atomic E-state index is 13.3. The molecule has 0 bridgehead atoms. The van der Waals surface area contributed by atoms with Gasteiger partial charge in [-0.05, 0) is 93.2 Å². The SMILES string of the molecule is CC#CC(=O)N(c1ccc2c(n1)c(OC1CC(C(=O)O)C1)nn2C)c1cc(C)c(C)cc1C1CC1. The summed E-state index contributed by atoms with van der Waals surface area (Å²) in [4.78, 5) is 30.9. The van der Waals surface area contributed by atoms with E-state index in [4.69, 9.17) is 14.8 Å². The Kier molecular flexibility index (Phi) is 5.72. The van der Waals surface area contributed by atoms with E-state index >= 15 is 0 Å². The molecule has 5 rings (SSSR count). The number of rotatable bonds is 6. The zero-order valence-electron chi connectivity index (χ0n) is 20.3. The van der Waals surface area contributed by atoms with Crippen molar-refractivity contribution >= 4 is 34.4 Å². The number of carboxylic acid groups (broad SMARTS) is 1. The zero-order valence-corrected chi connectivity index (χ0v) is 20.3. The number of hydrogen-bond acceptors (Lipinski definition) is 5. The van der Waals surface area contributed by atoms with Gasteiger partial charge in [0, 0.05) is 7.05 Å². The lowest BCUT2D eigenvalue weighted by atomic mass is 9.82. The second-order valence-corrected chi connectivity index (χ2v) is 9.50. The molecule has 180 valence electrons. The van der Waals surface area contributed by atoms with Crippen LogP contribution < -0.4 is 9.64 Å². The van der Waals surface area contributed by atoms with Crippen molar-refractivity contribution in [3.05, 3.63) is 41.0 Å². The highest BCUT2D eigenvalue weighted by Gasteiger charge is 2.37. The van der Waals surface area contributed by atoms with Crippen LogP contribution in [0.25, 0.3) is 11.0 Å². The van der Waals surface area contributed by atoms with E-state index < -0.39 is 5.97 Å². The van der Waals surface area contributed by atoms with Crippen molar-refractivity contribution in [2.45, 2.75) is 58.5 Å². The molecule has 0 atom stereocenters. The minimum absolute atomic E-state index is 0.218. The van der Waals surface area contributed by atoms with Crippen LogP contribution in [0.5, 0.6) is 5.88 Å². The third kappa shape index (κ3) is 4.23. The summed E-state index contributed by atoms with van der Waals surface area (Å²) in [5.41, 5.74) is 5.52. The van der Waals surface area contributed by atoms with E-state index in [0.29, 0.717) is 36.0 Å². The Labute approximate surface area is 203 Å². The number of pyridine rings is 1. The van der Waals surface area contributed by atoms with Crippen molar-refractivity contribution in [1.29, 1.82) is 0 Å². The van der Waals surface area contributed by atoms with Crippen LogP contribution in [0.3, 0.4) is 0 Å². The Bertz CT molecular complexity index is 1400. The normalized spacial score (nSPS) is 19.0. The largest absolute Gasteiger partial charge is 0.481 e. The molecule has 2 aliphatic carbocycles. The number of hydrogen-bond donors (Lipinski definition) is 1. The van der Waals surface area contributed by atoms with E-state index in [1.165, 1.54) is 5.56 Å². The van der Waals surface area contributed by atoms with E-state index in [0.717, 1.165) is 35.2 Å². The third-order valence-electron chi connectivity index (χ3n) is 6.94. The van der Waals surface area contributed by atoms with E-state index in [9.17, 15) is 9.59 Å². The number of benzene rings is 1. The number of aryl methyl sites for hydroxylation is 3. The second kappa shape index (κ2) is 8.73. The maximum Gasteiger partial charge on any atom is 0.308 e. The van der Waals surface area contributed by atoms with Crippen LogP contribution in [0.1, 0.15) is 55.2 Å². The van der Waals surface area contributed by atoms with E-state index in [1.807, 2.05) is 19.1 Å². The Hall–Kier alpha value is -3.86. The maximum absolute atomic E-state index is 13.3. The summed E-state index contributed by atoms with van der Waals surface area (Å²) in [6, 6.07) is 7.90. The predicted molar refractivity (Wildman–Crippen MR) is 132 cm³/mol. The molecule has 1 amide bonds. The summed E-state index contributed by atoms with van der Waals surface area (Å²) in [7, 11) is 1.80. The number of anilines is 2. The molecule has 2 aromatic heterocycles. The van der Waals surface area contributed by atoms with Gasteiger partial charge in [-0.25, -0.2) is 4.98 Å². The van der Waals surface area contributed by atoms with Crippen LogP contribution in [0.2, 0.25) is 0 Å². The number of ether oxygens (including phenoxy) is 1. The molecule has 35 heavy (non-hydrogen) atoms. The van der Waals surface area contributed by atoms with Crippen LogP contribution in [0.15, 0.2) is 24.3 Å². The van der Waals surface area contributed by atoms with Gasteiger partial charge < -0.3 is 9.84 Å². The number of aromatic nitrogens is 3. The highest BCUT2D eigenvalue weighted by Crippen LogP contribution is 2.46. The van der Waals surface area contributed by atoms with Gasteiger partial charge in [0.2, 0.25) is 0 Å². The molecular weight excluding hydrogens is 444 g/mol. The number of amides is 1. The van der Waals surface area contributed by atoms with Gasteiger partial charge >= 0.3 is 11.9 Å². The first-order valence-electron chi connectivity index (χ1n) is 11.9. The van der Waals surface area contributed by atoms with Gasteiger partial charge in [0.05, 0.1) is 17.1 Å². The van der Waals surface area contributed by atoms with Crippen molar-refractivity contribution in [3.63, 3.8) is 0 Å². The number of carbonyl (C=O) groups is 2. The number of fused-ring (bicyclic) bond motifs is 1. The fraction of sp³-hybridized carbons (Fsp3) is 0.407. The van der Waals surface area contributed by atoms with Crippen molar-refractivity contribution in [2.24, 2.45) is 13.0 Å². The smallest absolute Gasteiger partial charge is 0.308 e. The Morgan fingerprint density at radius 1 is 1.17 bits per heavy atom. The van der Waals surface area contributed by atoms with Gasteiger partial charge in [0.1, 0.15) is 11.9 Å². The lowest BCUT2D eigenvalue weighted by molar-refractivity contribution is -0.148. The first kappa shape index (κ1) is 22.9. The fourth-order valence-corrected chi connectivity index (χ4v) is 4.56. The van der Waals surface area contributed by atoms with Crippen LogP contribution >= 0.6 is 0 Å². The second-order valence-electron chi connectivity index (χ2n) is 9.50. The molecule has 2 heterocycles. The fourth-order valence-electron chi connectivity index (χ4n) is 4.56. The lowest BCUT2D eigenvalue weighted by Crippen LogP contribution is -2.38. The van der Waals surface area contributed by atoms with Gasteiger partial charge in [-0.15, -0.1) is 5.10 Å². The molecule has 0 aliphatic heterocycles. The van der Waals surface area contributed by atoms with Crippen molar-refractivity contribution in [2.75, 3.05) is 4.90 Å². The minimum Gasteiger partial charge on any atom is -0.481 e. The number of aliphatic carboxylic acids is 1. The van der Waals surface area contributed by atoms with Gasteiger partial charge in [-0.1, -0.05) is 12.0 Å². The molecule has 2 saturated carbocycles. The van der Waals surface area contributed by atoms with Crippen molar-refractivity contribution in [3.8, 4) is 17.7 Å². The summed E-state index contributed by atoms with van der Waals surface area (Å²) in [6.07, 6.45) is 2.87. The van der Waals surface area contributed by atoms with Crippen LogP contribution in [-0.4, -0.2) is 37.9 Å². The topological polar surface area (TPSA) is 97.6 Å². The standard InChI is InChI=1S/C27H28N4O4/c1-5-6-24(32)31(22-12-16(3)15(2)11-20(22)17-7-8-17)23-10-9-21-25(28-23)26(29-30(21)4)35-19-13-18(14-19)27(33)34/h9-12,17-19H,7-8,13-14H2,1-4H3,(H,33,34). The monoisotopic (exact) mass is 472 g/mol. The third-order valence-corrected chi connectivity index (χ3v) is 6.94. The van der Waals surface area contributed by atoms with Crippen LogP contribution in [-0.2, 0) is 16.6 Å². The quantitative estimate of drug-likeness (QED) is 0.535. The Morgan fingerprint density at radius 3 is 2.54 bits per heavy atom. The molecular formula is C27H28N4O4. The van der Waals surface area contributed by atoms with Gasteiger partial charge in [-0.2, -0.15) is 0 Å². The van der Waals surface area contributed by atoms with E-state index in [-0.39, 0.29) is 17.9 Å². The summed E-state index contributed by atoms with van der Waals surface area (Å²) < 4.78 is 7.71. The van der Waals surface area contributed by atoms with Crippen molar-refractivity contribution in [1.82, 2.24) is 14.8 Å². The molecule has 3 aromatic rings. The molecule has 0 unspecified atom stereocenters. The summed E-state index contributed by atoms with van der Waals surface area (Å²) in [5, 5.41) is 13.6. The van der Waals surface area contributed by atoms with Gasteiger partial charge in [-0.3, -0.25) is 19.2 Å². The van der Waals surface area contributed by atoms with E-state index in [2.05, 4.69) is 29.9 Å². The molecule has 0 saturated heterocycles. The highest BCUT2D eigenvalue weighted by molar-refractivity contribution is 6.11. The molecule has 0 radical (unpaired) electrons. The summed E-state index contributed by atoms with van der Waals surface area (Å²) in [5.74, 6) is 5.10. The first-order chi connectivity index (χ1) is 16.8. The Morgan fingerprint density at radius 2 is 1.89 bits per heavy atom. The molecule has 1 aromatic carbocycles. The van der Waals surface area contributed by atoms with Gasteiger partial charge in [0.25, 0.3) is 5.88 Å². The lowest BCUT2D eigenvalue weighted by Gasteiger charge is -2.31. The molecule has 1 N–H and O–H groups in total. The minimum atomic E-state index is -0.804. The Balaban J connectivity index is 1.58. The molecule has 8 nitrogen and oxygen atoms in total. The first-order valence-corrected chi connectivity index (χ1v) is 11.9. The van der Waals surface area contributed by atoms with Gasteiger partial charge in [0.15, 0.2) is 5.52 Å². The predicted octanol–water partition coefficient (Wildman–Crippen LogP) is 4.39. The molecule has 8 heteroatoms.